The third kappa shape index (κ3) is 5.13. The SMILES string of the molecule is O=C(Cc1ccc([N+](=O)[O-])cc1)Nc1ccc(CC(=O)N2CCCC2)cc1. The van der Waals surface area contributed by atoms with Crippen molar-refractivity contribution in [2.45, 2.75) is 25.7 Å². The van der Waals surface area contributed by atoms with E-state index in [1.165, 1.54) is 12.1 Å². The molecule has 0 saturated carbocycles. The second kappa shape index (κ2) is 8.44. The van der Waals surface area contributed by atoms with Crippen LogP contribution in [0, 0.1) is 10.1 Å². The van der Waals surface area contributed by atoms with Crippen molar-refractivity contribution >= 4 is 23.2 Å². The Bertz CT molecular complexity index is 825. The maximum Gasteiger partial charge on any atom is 0.269 e. The molecule has 0 bridgehead atoms. The van der Waals surface area contributed by atoms with Gasteiger partial charge in [0.15, 0.2) is 0 Å². The Morgan fingerprint density at radius 3 is 2.07 bits per heavy atom. The van der Waals surface area contributed by atoms with Gasteiger partial charge in [0.2, 0.25) is 11.8 Å². The van der Waals surface area contributed by atoms with Gasteiger partial charge in [0.05, 0.1) is 17.8 Å². The van der Waals surface area contributed by atoms with Gasteiger partial charge in [-0.05, 0) is 36.1 Å². The zero-order valence-electron chi connectivity index (χ0n) is 14.9. The summed E-state index contributed by atoms with van der Waals surface area (Å²) in [6.07, 6.45) is 2.65. The fourth-order valence-electron chi connectivity index (χ4n) is 3.08. The van der Waals surface area contributed by atoms with Gasteiger partial charge in [-0.2, -0.15) is 0 Å². The lowest BCUT2D eigenvalue weighted by Crippen LogP contribution is -2.29. The van der Waals surface area contributed by atoms with Crippen molar-refractivity contribution in [2.24, 2.45) is 0 Å². The molecule has 0 spiro atoms. The summed E-state index contributed by atoms with van der Waals surface area (Å²) >= 11 is 0. The monoisotopic (exact) mass is 367 g/mol. The molecular weight excluding hydrogens is 346 g/mol. The predicted octanol–water partition coefficient (Wildman–Crippen LogP) is 2.94. The summed E-state index contributed by atoms with van der Waals surface area (Å²) in [5, 5.41) is 13.4. The van der Waals surface area contributed by atoms with E-state index in [0.29, 0.717) is 17.7 Å². The molecule has 0 aromatic heterocycles. The van der Waals surface area contributed by atoms with E-state index in [1.54, 1.807) is 24.3 Å². The summed E-state index contributed by atoms with van der Waals surface area (Å²) in [6.45, 7) is 1.69. The topological polar surface area (TPSA) is 92.5 Å². The minimum absolute atomic E-state index is 0.00164. The van der Waals surface area contributed by atoms with Gasteiger partial charge in [0, 0.05) is 30.9 Å². The van der Waals surface area contributed by atoms with Crippen molar-refractivity contribution < 1.29 is 14.5 Å². The lowest BCUT2D eigenvalue weighted by molar-refractivity contribution is -0.384. The highest BCUT2D eigenvalue weighted by Crippen LogP contribution is 2.15. The number of anilines is 1. The normalized spacial score (nSPS) is 13.4. The maximum absolute atomic E-state index is 12.2. The lowest BCUT2D eigenvalue weighted by Gasteiger charge is -2.15. The molecule has 0 unspecified atom stereocenters. The summed E-state index contributed by atoms with van der Waals surface area (Å²) in [7, 11) is 0. The number of hydrogen-bond acceptors (Lipinski definition) is 4. The highest BCUT2D eigenvalue weighted by Gasteiger charge is 2.17. The second-order valence-corrected chi connectivity index (χ2v) is 6.61. The molecule has 2 aromatic carbocycles. The number of nitro benzene ring substituents is 1. The number of nitro groups is 1. The number of rotatable bonds is 6. The summed E-state index contributed by atoms with van der Waals surface area (Å²) < 4.78 is 0. The van der Waals surface area contributed by atoms with Gasteiger partial charge in [-0.3, -0.25) is 19.7 Å². The third-order valence-corrected chi connectivity index (χ3v) is 4.56. The van der Waals surface area contributed by atoms with Crippen molar-refractivity contribution in [3.05, 3.63) is 69.8 Å². The molecule has 1 saturated heterocycles. The van der Waals surface area contributed by atoms with Crippen LogP contribution in [0.1, 0.15) is 24.0 Å². The number of benzene rings is 2. The number of hydrogen-bond donors (Lipinski definition) is 1. The molecule has 1 N–H and O–H groups in total. The summed E-state index contributed by atoms with van der Waals surface area (Å²) in [6, 6.07) is 13.2. The fourth-order valence-corrected chi connectivity index (χ4v) is 3.08. The first-order valence-electron chi connectivity index (χ1n) is 8.91. The number of nitrogens with one attached hydrogen (secondary N) is 1. The molecule has 27 heavy (non-hydrogen) atoms. The molecule has 1 aliphatic heterocycles. The van der Waals surface area contributed by atoms with Crippen LogP contribution in [0.3, 0.4) is 0 Å². The quantitative estimate of drug-likeness (QED) is 0.627. The number of likely N-dealkylation sites (tertiary alicyclic amines) is 1. The van der Waals surface area contributed by atoms with Crippen LogP contribution >= 0.6 is 0 Å². The first-order chi connectivity index (χ1) is 13.0. The molecule has 1 fully saturated rings. The number of non-ortho nitro benzene ring substituents is 1. The number of carbonyl (C=O) groups excluding carboxylic acids is 2. The Labute approximate surface area is 157 Å². The minimum atomic E-state index is -0.472. The Balaban J connectivity index is 1.52. The average Bonchev–Trinajstić information content (AvgIpc) is 3.18. The van der Waals surface area contributed by atoms with Crippen LogP contribution in [0.15, 0.2) is 48.5 Å². The van der Waals surface area contributed by atoms with Crippen molar-refractivity contribution in [1.82, 2.24) is 4.90 Å². The number of nitrogens with zero attached hydrogens (tertiary/aromatic N) is 2. The van der Waals surface area contributed by atoms with E-state index in [1.807, 2.05) is 17.0 Å². The van der Waals surface area contributed by atoms with Crippen LogP contribution in [0.25, 0.3) is 0 Å². The fraction of sp³-hybridized carbons (Fsp3) is 0.300. The molecule has 2 aromatic rings. The van der Waals surface area contributed by atoms with Crippen LogP contribution < -0.4 is 5.32 Å². The lowest BCUT2D eigenvalue weighted by atomic mass is 10.1. The Kier molecular flexibility index (Phi) is 5.80. The van der Waals surface area contributed by atoms with E-state index in [4.69, 9.17) is 0 Å². The molecule has 140 valence electrons. The van der Waals surface area contributed by atoms with Gasteiger partial charge in [0.1, 0.15) is 0 Å². The smallest absolute Gasteiger partial charge is 0.269 e. The third-order valence-electron chi connectivity index (χ3n) is 4.56. The van der Waals surface area contributed by atoms with E-state index in [2.05, 4.69) is 5.32 Å². The van der Waals surface area contributed by atoms with Gasteiger partial charge >= 0.3 is 0 Å². The predicted molar refractivity (Wildman–Crippen MR) is 101 cm³/mol. The highest BCUT2D eigenvalue weighted by atomic mass is 16.6. The van der Waals surface area contributed by atoms with E-state index in [0.717, 1.165) is 31.5 Å². The van der Waals surface area contributed by atoms with Gasteiger partial charge in [-0.1, -0.05) is 24.3 Å². The summed E-state index contributed by atoms with van der Waals surface area (Å²) in [5.41, 5.74) is 2.27. The van der Waals surface area contributed by atoms with Gasteiger partial charge in [-0.25, -0.2) is 0 Å². The second-order valence-electron chi connectivity index (χ2n) is 6.61. The standard InChI is InChI=1S/C20H21N3O4/c24-19(13-15-5-9-18(10-6-15)23(26)27)21-17-7-3-16(4-8-17)14-20(25)22-11-1-2-12-22/h3-10H,1-2,11-14H2,(H,21,24). The van der Waals surface area contributed by atoms with E-state index in [-0.39, 0.29) is 23.9 Å². The van der Waals surface area contributed by atoms with Gasteiger partial charge in [-0.15, -0.1) is 0 Å². The minimum Gasteiger partial charge on any atom is -0.342 e. The van der Waals surface area contributed by atoms with Crippen molar-refractivity contribution in [3.8, 4) is 0 Å². The molecule has 0 radical (unpaired) electrons. The molecule has 0 atom stereocenters. The molecule has 7 heteroatoms. The van der Waals surface area contributed by atoms with Gasteiger partial charge in [0.25, 0.3) is 5.69 Å². The van der Waals surface area contributed by atoms with E-state index >= 15 is 0 Å². The first-order valence-corrected chi connectivity index (χ1v) is 8.91. The molecule has 7 nitrogen and oxygen atoms in total. The van der Waals surface area contributed by atoms with Crippen molar-refractivity contribution in [2.75, 3.05) is 18.4 Å². The molecular formula is C20H21N3O4. The van der Waals surface area contributed by atoms with Crippen LogP contribution in [0.2, 0.25) is 0 Å². The molecule has 1 aliphatic rings. The largest absolute Gasteiger partial charge is 0.342 e. The average molecular weight is 367 g/mol. The van der Waals surface area contributed by atoms with Crippen molar-refractivity contribution in [3.63, 3.8) is 0 Å². The van der Waals surface area contributed by atoms with Crippen molar-refractivity contribution in [1.29, 1.82) is 0 Å². The van der Waals surface area contributed by atoms with Gasteiger partial charge < -0.3 is 10.2 Å². The zero-order chi connectivity index (χ0) is 19.2. The Morgan fingerprint density at radius 2 is 1.48 bits per heavy atom. The van der Waals surface area contributed by atoms with Crippen LogP contribution in [-0.4, -0.2) is 34.7 Å². The summed E-state index contributed by atoms with van der Waals surface area (Å²) in [5.74, 6) is -0.0628. The number of amides is 2. The van der Waals surface area contributed by atoms with Crippen LogP contribution in [-0.2, 0) is 22.4 Å². The van der Waals surface area contributed by atoms with Crippen LogP contribution in [0.5, 0.6) is 0 Å². The maximum atomic E-state index is 12.2. The Hall–Kier alpha value is -3.22. The van der Waals surface area contributed by atoms with Crippen LogP contribution in [0.4, 0.5) is 11.4 Å². The molecule has 0 aliphatic carbocycles. The van der Waals surface area contributed by atoms with E-state index < -0.39 is 4.92 Å². The number of carbonyl (C=O) groups is 2. The molecule has 3 rings (SSSR count). The Morgan fingerprint density at radius 1 is 0.926 bits per heavy atom. The molecule has 2 amide bonds. The first kappa shape index (κ1) is 18.6. The highest BCUT2D eigenvalue weighted by molar-refractivity contribution is 5.92. The van der Waals surface area contributed by atoms with E-state index in [9.17, 15) is 19.7 Å². The summed E-state index contributed by atoms with van der Waals surface area (Å²) in [4.78, 5) is 36.4. The zero-order valence-corrected chi connectivity index (χ0v) is 14.9. The molecule has 1 heterocycles.